The maximum absolute atomic E-state index is 6.17. The molecule has 1 saturated heterocycles. The highest BCUT2D eigenvalue weighted by Gasteiger charge is 2.28. The van der Waals surface area contributed by atoms with Gasteiger partial charge in [-0.3, -0.25) is 0 Å². The van der Waals surface area contributed by atoms with Crippen LogP contribution >= 0.6 is 11.6 Å². The molecule has 0 radical (unpaired) electrons. The van der Waals surface area contributed by atoms with Gasteiger partial charge in [0.1, 0.15) is 0 Å². The zero-order chi connectivity index (χ0) is 13.4. The number of rotatable bonds is 4. The van der Waals surface area contributed by atoms with Gasteiger partial charge >= 0.3 is 0 Å². The molecule has 1 aromatic carbocycles. The monoisotopic (exact) mass is 278 g/mol. The molecule has 0 amide bonds. The number of halogens is 1. The molecule has 0 spiro atoms. The summed E-state index contributed by atoms with van der Waals surface area (Å²) in [5.74, 6) is 0.787. The Kier molecular flexibility index (Phi) is 3.72. The molecule has 2 atom stereocenters. The van der Waals surface area contributed by atoms with Crippen LogP contribution in [0.1, 0.15) is 38.7 Å². The summed E-state index contributed by atoms with van der Waals surface area (Å²) in [6.07, 6.45) is 3.94. The van der Waals surface area contributed by atoms with Crippen LogP contribution in [0.2, 0.25) is 5.02 Å². The zero-order valence-corrected chi connectivity index (χ0v) is 12.6. The van der Waals surface area contributed by atoms with Crippen molar-refractivity contribution in [1.29, 1.82) is 0 Å². The van der Waals surface area contributed by atoms with Gasteiger partial charge in [-0.1, -0.05) is 18.5 Å². The van der Waals surface area contributed by atoms with Crippen LogP contribution in [0.3, 0.4) is 0 Å². The van der Waals surface area contributed by atoms with Gasteiger partial charge in [-0.05, 0) is 55.9 Å². The van der Waals surface area contributed by atoms with E-state index in [-0.39, 0.29) is 0 Å². The van der Waals surface area contributed by atoms with E-state index in [1.165, 1.54) is 37.1 Å². The lowest BCUT2D eigenvalue weighted by molar-refractivity contribution is 0.625. The van der Waals surface area contributed by atoms with Gasteiger partial charge in [-0.25, -0.2) is 0 Å². The van der Waals surface area contributed by atoms with Crippen LogP contribution in [0.25, 0.3) is 0 Å². The summed E-state index contributed by atoms with van der Waals surface area (Å²) < 4.78 is 0. The summed E-state index contributed by atoms with van der Waals surface area (Å²) in [6.45, 7) is 6.78. The Hall–Kier alpha value is -0.730. The summed E-state index contributed by atoms with van der Waals surface area (Å²) in [5.41, 5.74) is 2.72. The average Bonchev–Trinajstić information content (AvgIpc) is 3.12. The number of benzene rings is 1. The quantitative estimate of drug-likeness (QED) is 0.901. The number of nitrogens with zero attached hydrogens (tertiary/aromatic N) is 1. The maximum atomic E-state index is 6.17. The molecule has 3 heteroatoms. The first kappa shape index (κ1) is 13.3. The highest BCUT2D eigenvalue weighted by molar-refractivity contribution is 6.30. The van der Waals surface area contributed by atoms with Crippen molar-refractivity contribution >= 4 is 17.3 Å². The predicted octanol–water partition coefficient (Wildman–Crippen LogP) is 3.83. The standard InChI is InChI=1S/C16H23ClN2/c1-11-7-12(2)19(10-11)16-6-3-14(17)8-13(16)9-18-15-4-5-15/h3,6,8,11-12,15,18H,4-5,7,9-10H2,1-2H3. The topological polar surface area (TPSA) is 15.3 Å². The highest BCUT2D eigenvalue weighted by Crippen LogP contribution is 2.33. The van der Waals surface area contributed by atoms with Crippen molar-refractivity contribution in [2.24, 2.45) is 5.92 Å². The lowest BCUT2D eigenvalue weighted by Crippen LogP contribution is -2.28. The minimum atomic E-state index is 0.635. The number of hydrogen-bond acceptors (Lipinski definition) is 2. The molecule has 1 aliphatic heterocycles. The van der Waals surface area contributed by atoms with Crippen molar-refractivity contribution in [3.63, 3.8) is 0 Å². The number of anilines is 1. The number of nitrogens with one attached hydrogen (secondary N) is 1. The van der Waals surface area contributed by atoms with Gasteiger partial charge in [0.15, 0.2) is 0 Å². The molecule has 19 heavy (non-hydrogen) atoms. The van der Waals surface area contributed by atoms with Crippen molar-refractivity contribution in [3.05, 3.63) is 28.8 Å². The van der Waals surface area contributed by atoms with Gasteiger partial charge in [0.05, 0.1) is 0 Å². The van der Waals surface area contributed by atoms with Crippen molar-refractivity contribution in [2.45, 2.75) is 51.7 Å². The summed E-state index contributed by atoms with van der Waals surface area (Å²) in [5, 5.41) is 4.45. The molecule has 2 nitrogen and oxygen atoms in total. The Morgan fingerprint density at radius 2 is 2.11 bits per heavy atom. The molecule has 2 fully saturated rings. The van der Waals surface area contributed by atoms with Crippen LogP contribution in [-0.2, 0) is 6.54 Å². The third-order valence-corrected chi connectivity index (χ3v) is 4.53. The van der Waals surface area contributed by atoms with Crippen LogP contribution in [0.4, 0.5) is 5.69 Å². The zero-order valence-electron chi connectivity index (χ0n) is 11.8. The van der Waals surface area contributed by atoms with Crippen LogP contribution < -0.4 is 10.2 Å². The smallest absolute Gasteiger partial charge is 0.0415 e. The van der Waals surface area contributed by atoms with E-state index in [0.717, 1.165) is 23.5 Å². The van der Waals surface area contributed by atoms with Crippen LogP contribution in [-0.4, -0.2) is 18.6 Å². The van der Waals surface area contributed by atoms with Gasteiger partial charge in [0.25, 0.3) is 0 Å². The summed E-state index contributed by atoms with van der Waals surface area (Å²) in [4.78, 5) is 2.55. The molecule has 1 N–H and O–H groups in total. The Morgan fingerprint density at radius 1 is 1.32 bits per heavy atom. The molecule has 1 aromatic rings. The average molecular weight is 279 g/mol. The van der Waals surface area contributed by atoms with Crippen molar-refractivity contribution in [3.8, 4) is 0 Å². The molecule has 1 aliphatic carbocycles. The summed E-state index contributed by atoms with van der Waals surface area (Å²) in [7, 11) is 0. The Bertz CT molecular complexity index is 456. The molecule has 2 aliphatic rings. The van der Waals surface area contributed by atoms with Gasteiger partial charge in [-0.15, -0.1) is 0 Å². The Balaban J connectivity index is 1.81. The van der Waals surface area contributed by atoms with Crippen LogP contribution in [0.15, 0.2) is 18.2 Å². The molecule has 104 valence electrons. The second kappa shape index (κ2) is 5.34. The van der Waals surface area contributed by atoms with Crippen molar-refractivity contribution in [2.75, 3.05) is 11.4 Å². The minimum absolute atomic E-state index is 0.635. The van der Waals surface area contributed by atoms with E-state index in [1.54, 1.807) is 0 Å². The Morgan fingerprint density at radius 3 is 2.74 bits per heavy atom. The van der Waals surface area contributed by atoms with E-state index in [1.807, 2.05) is 6.07 Å². The first-order valence-electron chi connectivity index (χ1n) is 7.42. The van der Waals surface area contributed by atoms with E-state index < -0.39 is 0 Å². The fourth-order valence-electron chi connectivity index (χ4n) is 3.15. The van der Waals surface area contributed by atoms with Gasteiger partial charge in [0, 0.05) is 35.9 Å². The fraction of sp³-hybridized carbons (Fsp3) is 0.625. The lowest BCUT2D eigenvalue weighted by Gasteiger charge is -2.27. The number of hydrogen-bond donors (Lipinski definition) is 1. The molecular formula is C16H23ClN2. The van der Waals surface area contributed by atoms with E-state index >= 15 is 0 Å². The predicted molar refractivity (Wildman–Crippen MR) is 81.9 cm³/mol. The van der Waals surface area contributed by atoms with Crippen molar-refractivity contribution < 1.29 is 0 Å². The van der Waals surface area contributed by atoms with E-state index in [2.05, 4.69) is 36.2 Å². The third kappa shape index (κ3) is 3.06. The molecule has 0 aromatic heterocycles. The molecule has 1 saturated carbocycles. The molecule has 3 rings (SSSR count). The second-order valence-electron chi connectivity index (χ2n) is 6.27. The summed E-state index contributed by atoms with van der Waals surface area (Å²) in [6, 6.07) is 7.72. The SMILES string of the molecule is CC1CC(C)N(c2ccc(Cl)cc2CNC2CC2)C1. The first-order valence-corrected chi connectivity index (χ1v) is 7.79. The van der Waals surface area contributed by atoms with E-state index in [0.29, 0.717) is 6.04 Å². The molecule has 2 unspecified atom stereocenters. The maximum Gasteiger partial charge on any atom is 0.0415 e. The first-order chi connectivity index (χ1) is 9.13. The van der Waals surface area contributed by atoms with E-state index in [9.17, 15) is 0 Å². The van der Waals surface area contributed by atoms with Gasteiger partial charge < -0.3 is 10.2 Å². The second-order valence-corrected chi connectivity index (χ2v) is 6.71. The Labute approximate surface area is 121 Å². The van der Waals surface area contributed by atoms with Gasteiger partial charge in [-0.2, -0.15) is 0 Å². The van der Waals surface area contributed by atoms with Crippen LogP contribution in [0, 0.1) is 5.92 Å². The molecule has 1 heterocycles. The van der Waals surface area contributed by atoms with Crippen LogP contribution in [0.5, 0.6) is 0 Å². The normalized spacial score (nSPS) is 27.0. The van der Waals surface area contributed by atoms with Crippen molar-refractivity contribution in [1.82, 2.24) is 5.32 Å². The lowest BCUT2D eigenvalue weighted by atomic mass is 10.1. The molecular weight excluding hydrogens is 256 g/mol. The summed E-state index contributed by atoms with van der Waals surface area (Å²) >= 11 is 6.17. The van der Waals surface area contributed by atoms with E-state index in [4.69, 9.17) is 11.6 Å². The van der Waals surface area contributed by atoms with Gasteiger partial charge in [0.2, 0.25) is 0 Å². The minimum Gasteiger partial charge on any atom is -0.368 e. The molecule has 0 bridgehead atoms. The fourth-order valence-corrected chi connectivity index (χ4v) is 3.35. The highest BCUT2D eigenvalue weighted by atomic mass is 35.5. The third-order valence-electron chi connectivity index (χ3n) is 4.29. The largest absolute Gasteiger partial charge is 0.368 e.